The zero-order valence-electron chi connectivity index (χ0n) is 17.1. The lowest BCUT2D eigenvalue weighted by atomic mass is 9.96. The summed E-state index contributed by atoms with van der Waals surface area (Å²) in [5.41, 5.74) is -0.652. The molecule has 0 aromatic carbocycles. The predicted octanol–water partition coefficient (Wildman–Crippen LogP) is 2.98. The summed E-state index contributed by atoms with van der Waals surface area (Å²) >= 11 is 0. The van der Waals surface area contributed by atoms with E-state index in [0.717, 1.165) is 0 Å². The van der Waals surface area contributed by atoms with E-state index in [-0.39, 0.29) is 30.8 Å². The lowest BCUT2D eigenvalue weighted by Gasteiger charge is -2.43. The van der Waals surface area contributed by atoms with E-state index < -0.39 is 29.7 Å². The Labute approximate surface area is 156 Å². The summed E-state index contributed by atoms with van der Waals surface area (Å²) < 4.78 is 5.45. The second kappa shape index (κ2) is 8.73. The number of piperazine rings is 1. The van der Waals surface area contributed by atoms with Gasteiger partial charge in [-0.2, -0.15) is 0 Å². The molecule has 1 aliphatic rings. The van der Waals surface area contributed by atoms with E-state index in [1.54, 1.807) is 20.8 Å². The van der Waals surface area contributed by atoms with Crippen LogP contribution in [-0.4, -0.2) is 63.7 Å². The monoisotopic (exact) mass is 370 g/mol. The van der Waals surface area contributed by atoms with Crippen molar-refractivity contribution in [1.82, 2.24) is 9.80 Å². The van der Waals surface area contributed by atoms with Crippen LogP contribution >= 0.6 is 0 Å². The van der Waals surface area contributed by atoms with Gasteiger partial charge in [0.15, 0.2) is 0 Å². The first kappa shape index (κ1) is 22.3. The number of ether oxygens (including phenoxy) is 1. The molecule has 1 aliphatic heterocycles. The first-order valence-corrected chi connectivity index (χ1v) is 9.36. The smallest absolute Gasteiger partial charge is 0.411 e. The summed E-state index contributed by atoms with van der Waals surface area (Å²) in [6.45, 7) is 13.6. The standard InChI is InChI=1S/C19H34N2O5/c1-12(2)10-14-16(22)20(15(17(23)24)11-13(3)4)8-9-21(14)18(25)26-19(5,6)7/h12-15H,8-11H2,1-7H3,(H,23,24)/t14-,15-/m0/s1. The van der Waals surface area contributed by atoms with Gasteiger partial charge in [-0.1, -0.05) is 27.7 Å². The van der Waals surface area contributed by atoms with Gasteiger partial charge < -0.3 is 14.7 Å². The van der Waals surface area contributed by atoms with Gasteiger partial charge in [0.25, 0.3) is 0 Å². The van der Waals surface area contributed by atoms with Gasteiger partial charge in [0.05, 0.1) is 0 Å². The lowest BCUT2D eigenvalue weighted by molar-refractivity contribution is -0.157. The Morgan fingerprint density at radius 1 is 1.15 bits per heavy atom. The minimum absolute atomic E-state index is 0.149. The number of carboxylic acid groups (broad SMARTS) is 1. The topological polar surface area (TPSA) is 87.2 Å². The second-order valence-electron chi connectivity index (χ2n) is 8.83. The molecule has 1 heterocycles. The molecule has 1 N–H and O–H groups in total. The van der Waals surface area contributed by atoms with Crippen LogP contribution in [0.15, 0.2) is 0 Å². The first-order chi connectivity index (χ1) is 11.8. The van der Waals surface area contributed by atoms with Crippen LogP contribution in [0.1, 0.15) is 61.3 Å². The molecule has 7 heteroatoms. The van der Waals surface area contributed by atoms with Gasteiger partial charge in [-0.25, -0.2) is 9.59 Å². The molecule has 0 spiro atoms. The van der Waals surface area contributed by atoms with E-state index >= 15 is 0 Å². The molecule has 0 aromatic rings. The van der Waals surface area contributed by atoms with Crippen molar-refractivity contribution in [2.45, 2.75) is 79.0 Å². The Bertz CT molecular complexity index is 525. The van der Waals surface area contributed by atoms with Crippen LogP contribution in [0.25, 0.3) is 0 Å². The molecule has 1 fully saturated rings. The van der Waals surface area contributed by atoms with Gasteiger partial charge >= 0.3 is 12.1 Å². The molecule has 0 radical (unpaired) electrons. The minimum Gasteiger partial charge on any atom is -0.480 e. The van der Waals surface area contributed by atoms with Crippen LogP contribution in [0.3, 0.4) is 0 Å². The molecule has 0 aromatic heterocycles. The fraction of sp³-hybridized carbons (Fsp3) is 0.842. The van der Waals surface area contributed by atoms with Crippen molar-refractivity contribution in [2.24, 2.45) is 11.8 Å². The number of hydrogen-bond donors (Lipinski definition) is 1. The normalized spacial score (nSPS) is 19.9. The lowest BCUT2D eigenvalue weighted by Crippen LogP contribution is -2.63. The van der Waals surface area contributed by atoms with Crippen LogP contribution in [0.2, 0.25) is 0 Å². The Morgan fingerprint density at radius 2 is 1.73 bits per heavy atom. The molecular weight excluding hydrogens is 336 g/mol. The number of aliphatic carboxylic acids is 1. The Morgan fingerprint density at radius 3 is 2.15 bits per heavy atom. The number of rotatable bonds is 6. The van der Waals surface area contributed by atoms with Crippen LogP contribution in [-0.2, 0) is 14.3 Å². The van der Waals surface area contributed by atoms with Crippen LogP contribution in [0.4, 0.5) is 4.79 Å². The molecule has 2 atom stereocenters. The Balaban J connectivity index is 3.07. The highest BCUT2D eigenvalue weighted by Gasteiger charge is 2.43. The third-order valence-corrected chi connectivity index (χ3v) is 4.20. The third kappa shape index (κ3) is 6.18. The fourth-order valence-corrected chi connectivity index (χ4v) is 3.14. The van der Waals surface area contributed by atoms with E-state index in [1.807, 2.05) is 27.7 Å². The number of carbonyl (C=O) groups excluding carboxylic acids is 2. The molecule has 0 aliphatic carbocycles. The molecule has 2 amide bonds. The largest absolute Gasteiger partial charge is 0.480 e. The van der Waals surface area contributed by atoms with Gasteiger partial charge in [-0.3, -0.25) is 9.69 Å². The molecule has 1 saturated heterocycles. The predicted molar refractivity (Wildman–Crippen MR) is 98.8 cm³/mol. The van der Waals surface area contributed by atoms with Crippen molar-refractivity contribution in [3.63, 3.8) is 0 Å². The number of carboxylic acids is 1. The average molecular weight is 370 g/mol. The van der Waals surface area contributed by atoms with E-state index in [9.17, 15) is 19.5 Å². The maximum Gasteiger partial charge on any atom is 0.411 e. The molecular formula is C19H34N2O5. The Kier molecular flexibility index (Phi) is 7.47. The van der Waals surface area contributed by atoms with Crippen molar-refractivity contribution in [3.05, 3.63) is 0 Å². The highest BCUT2D eigenvalue weighted by molar-refractivity contribution is 5.90. The summed E-state index contributed by atoms with van der Waals surface area (Å²) in [5, 5.41) is 9.59. The molecule has 7 nitrogen and oxygen atoms in total. The second-order valence-corrected chi connectivity index (χ2v) is 8.83. The maximum absolute atomic E-state index is 13.1. The van der Waals surface area contributed by atoms with Crippen LogP contribution in [0, 0.1) is 11.8 Å². The summed E-state index contributed by atoms with van der Waals surface area (Å²) in [4.78, 5) is 40.2. The van der Waals surface area contributed by atoms with Crippen LogP contribution in [0.5, 0.6) is 0 Å². The summed E-state index contributed by atoms with van der Waals surface area (Å²) in [7, 11) is 0. The fourth-order valence-electron chi connectivity index (χ4n) is 3.14. The quantitative estimate of drug-likeness (QED) is 0.777. The Hall–Kier alpha value is -1.79. The van der Waals surface area contributed by atoms with Crippen molar-refractivity contribution in [3.8, 4) is 0 Å². The van der Waals surface area contributed by atoms with E-state index in [2.05, 4.69) is 0 Å². The minimum atomic E-state index is -0.999. The average Bonchev–Trinajstić information content (AvgIpc) is 2.44. The van der Waals surface area contributed by atoms with Crippen molar-refractivity contribution in [1.29, 1.82) is 0 Å². The molecule has 0 saturated carbocycles. The van der Waals surface area contributed by atoms with Gasteiger partial charge in [-0.05, 0) is 45.4 Å². The number of nitrogens with zero attached hydrogens (tertiary/aromatic N) is 2. The zero-order valence-corrected chi connectivity index (χ0v) is 17.1. The van der Waals surface area contributed by atoms with E-state index in [4.69, 9.17) is 4.74 Å². The highest BCUT2D eigenvalue weighted by atomic mass is 16.6. The van der Waals surface area contributed by atoms with E-state index in [0.29, 0.717) is 12.8 Å². The summed E-state index contributed by atoms with van der Waals surface area (Å²) in [5.74, 6) is -0.969. The molecule has 1 rings (SSSR count). The maximum atomic E-state index is 13.1. The molecule has 150 valence electrons. The third-order valence-electron chi connectivity index (χ3n) is 4.20. The number of carbonyl (C=O) groups is 3. The highest BCUT2D eigenvalue weighted by Crippen LogP contribution is 2.24. The van der Waals surface area contributed by atoms with Gasteiger partial charge in [-0.15, -0.1) is 0 Å². The van der Waals surface area contributed by atoms with Gasteiger partial charge in [0, 0.05) is 13.1 Å². The number of amides is 2. The van der Waals surface area contributed by atoms with Crippen molar-refractivity contribution in [2.75, 3.05) is 13.1 Å². The SMILES string of the molecule is CC(C)C[C@H]1C(=O)N([C@@H](CC(C)C)C(=O)O)CCN1C(=O)OC(C)(C)C. The molecule has 0 bridgehead atoms. The van der Waals surface area contributed by atoms with Gasteiger partial charge in [0.2, 0.25) is 5.91 Å². The van der Waals surface area contributed by atoms with Crippen molar-refractivity contribution >= 4 is 18.0 Å². The molecule has 0 unspecified atom stereocenters. The van der Waals surface area contributed by atoms with Gasteiger partial charge in [0.1, 0.15) is 17.7 Å². The zero-order chi connectivity index (χ0) is 20.2. The molecule has 26 heavy (non-hydrogen) atoms. The summed E-state index contributed by atoms with van der Waals surface area (Å²) in [6.07, 6.45) is 0.344. The van der Waals surface area contributed by atoms with Crippen molar-refractivity contribution < 1.29 is 24.2 Å². The van der Waals surface area contributed by atoms with E-state index in [1.165, 1.54) is 9.80 Å². The summed E-state index contributed by atoms with van der Waals surface area (Å²) in [6, 6.07) is -1.55. The first-order valence-electron chi connectivity index (χ1n) is 9.36. The number of hydrogen-bond acceptors (Lipinski definition) is 4. The van der Waals surface area contributed by atoms with Crippen LogP contribution < -0.4 is 0 Å².